The number of hydrogen-bond acceptors (Lipinski definition) is 2. The zero-order valence-corrected chi connectivity index (χ0v) is 12.3. The van der Waals surface area contributed by atoms with Crippen molar-refractivity contribution < 1.29 is 13.5 Å². The summed E-state index contributed by atoms with van der Waals surface area (Å²) in [6, 6.07) is 3.75. The Kier molecular flexibility index (Phi) is 5.04. The van der Waals surface area contributed by atoms with Gasteiger partial charge in [0.2, 0.25) is 0 Å². The van der Waals surface area contributed by atoms with E-state index in [9.17, 15) is 8.78 Å². The van der Waals surface area contributed by atoms with Gasteiger partial charge in [0.15, 0.2) is 0 Å². The fraction of sp³-hybridized carbons (Fsp3) is 0.538. The maximum atomic E-state index is 13.5. The monoisotopic (exact) mass is 336 g/mol. The normalized spacial score (nSPS) is 18.8. The molecule has 1 aliphatic rings. The first-order valence-electron chi connectivity index (χ1n) is 5.87. The van der Waals surface area contributed by atoms with Crippen LogP contribution < -0.4 is 0 Å². The first-order valence-corrected chi connectivity index (χ1v) is 7.97. The zero-order valence-electron chi connectivity index (χ0n) is 9.93. The van der Waals surface area contributed by atoms with Crippen LogP contribution in [-0.2, 0) is 4.74 Å². The Labute approximate surface area is 118 Å². The fourth-order valence-electron chi connectivity index (χ4n) is 1.94. The van der Waals surface area contributed by atoms with Crippen molar-refractivity contribution in [2.75, 3.05) is 24.3 Å². The van der Waals surface area contributed by atoms with Gasteiger partial charge >= 0.3 is 0 Å². The highest BCUT2D eigenvalue weighted by atomic mass is 79.9. The van der Waals surface area contributed by atoms with Gasteiger partial charge in [-0.1, -0.05) is 15.9 Å². The summed E-state index contributed by atoms with van der Waals surface area (Å²) < 4.78 is 31.7. The Morgan fingerprint density at radius 2 is 2.00 bits per heavy atom. The average Bonchev–Trinajstić information content (AvgIpc) is 2.39. The summed E-state index contributed by atoms with van der Waals surface area (Å²) in [5, 5.41) is 0.888. The van der Waals surface area contributed by atoms with Gasteiger partial charge in [-0.05, 0) is 30.4 Å². The molecule has 1 aromatic carbocycles. The minimum atomic E-state index is -0.530. The topological polar surface area (TPSA) is 9.23 Å². The van der Waals surface area contributed by atoms with E-state index in [0.29, 0.717) is 4.90 Å². The first-order chi connectivity index (χ1) is 8.65. The summed E-state index contributed by atoms with van der Waals surface area (Å²) >= 11 is 5.01. The van der Waals surface area contributed by atoms with Crippen molar-refractivity contribution in [1.29, 1.82) is 0 Å². The Balaban J connectivity index is 2.01. The van der Waals surface area contributed by atoms with Crippen molar-refractivity contribution in [3.8, 4) is 0 Å². The van der Waals surface area contributed by atoms with Crippen LogP contribution in [-0.4, -0.2) is 24.3 Å². The molecular weight excluding hydrogens is 322 g/mol. The molecule has 1 heterocycles. The Bertz CT molecular complexity index is 408. The van der Waals surface area contributed by atoms with E-state index in [2.05, 4.69) is 15.9 Å². The number of ether oxygens (including phenoxy) is 1. The van der Waals surface area contributed by atoms with Crippen LogP contribution in [0.4, 0.5) is 8.78 Å². The summed E-state index contributed by atoms with van der Waals surface area (Å²) in [6.45, 7) is 1.52. The van der Waals surface area contributed by atoms with Crippen LogP contribution in [0.1, 0.15) is 12.8 Å². The average molecular weight is 337 g/mol. The van der Waals surface area contributed by atoms with E-state index in [4.69, 9.17) is 4.74 Å². The van der Waals surface area contributed by atoms with Crippen molar-refractivity contribution in [2.45, 2.75) is 17.7 Å². The molecule has 0 spiro atoms. The highest BCUT2D eigenvalue weighted by Crippen LogP contribution is 2.38. The highest BCUT2D eigenvalue weighted by Gasteiger charge is 2.31. The number of alkyl halides is 1. The highest BCUT2D eigenvalue weighted by molar-refractivity contribution is 9.09. The Morgan fingerprint density at radius 3 is 2.61 bits per heavy atom. The molecule has 100 valence electrons. The summed E-state index contributed by atoms with van der Waals surface area (Å²) in [4.78, 5) is 0.517. The maximum absolute atomic E-state index is 13.5. The van der Waals surface area contributed by atoms with Gasteiger partial charge in [0.25, 0.3) is 0 Å². The number of rotatable bonds is 4. The van der Waals surface area contributed by atoms with E-state index in [1.165, 1.54) is 23.9 Å². The maximum Gasteiger partial charge on any atom is 0.139 e. The van der Waals surface area contributed by atoms with Gasteiger partial charge in [-0.15, -0.1) is 11.8 Å². The molecule has 0 aliphatic carbocycles. The van der Waals surface area contributed by atoms with Gasteiger partial charge in [-0.25, -0.2) is 8.78 Å². The second-order valence-corrected chi connectivity index (χ2v) is 6.19. The predicted molar refractivity (Wildman–Crippen MR) is 73.4 cm³/mol. The second-order valence-electron chi connectivity index (χ2n) is 4.61. The number of thioether (sulfide) groups is 1. The molecule has 1 aliphatic heterocycles. The minimum absolute atomic E-state index is 0.156. The third kappa shape index (κ3) is 3.45. The van der Waals surface area contributed by atoms with Crippen LogP contribution >= 0.6 is 27.7 Å². The molecular formula is C13H15BrF2OS. The van der Waals surface area contributed by atoms with Gasteiger partial charge < -0.3 is 4.74 Å². The molecule has 0 saturated carbocycles. The lowest BCUT2D eigenvalue weighted by atomic mass is 9.85. The van der Waals surface area contributed by atoms with Crippen molar-refractivity contribution in [3.63, 3.8) is 0 Å². The largest absolute Gasteiger partial charge is 0.381 e. The zero-order chi connectivity index (χ0) is 13.0. The molecule has 0 unspecified atom stereocenters. The van der Waals surface area contributed by atoms with Crippen LogP contribution in [0.25, 0.3) is 0 Å². The van der Waals surface area contributed by atoms with Crippen LogP contribution in [0, 0.1) is 17.0 Å². The molecule has 0 aromatic heterocycles. The molecule has 1 nitrogen and oxygen atoms in total. The van der Waals surface area contributed by atoms with E-state index in [0.717, 1.165) is 43.2 Å². The van der Waals surface area contributed by atoms with Crippen LogP contribution in [0.2, 0.25) is 0 Å². The molecule has 0 amide bonds. The second kappa shape index (κ2) is 6.35. The third-order valence-corrected chi connectivity index (χ3v) is 5.85. The van der Waals surface area contributed by atoms with Gasteiger partial charge in [0.1, 0.15) is 11.6 Å². The smallest absolute Gasteiger partial charge is 0.139 e. The molecule has 0 radical (unpaired) electrons. The Morgan fingerprint density at radius 1 is 1.28 bits per heavy atom. The summed E-state index contributed by atoms with van der Waals surface area (Å²) in [5.41, 5.74) is 0.156. The lowest BCUT2D eigenvalue weighted by Gasteiger charge is -2.35. The molecule has 2 rings (SSSR count). The van der Waals surface area contributed by atoms with Crippen molar-refractivity contribution in [1.82, 2.24) is 0 Å². The van der Waals surface area contributed by atoms with Crippen LogP contribution in [0.3, 0.4) is 0 Å². The van der Waals surface area contributed by atoms with Gasteiger partial charge in [0.05, 0.1) is 0 Å². The molecule has 18 heavy (non-hydrogen) atoms. The standard InChI is InChI=1S/C13H15BrF2OS/c14-8-13(3-5-17-6-4-13)9-18-12-2-1-10(15)7-11(12)16/h1-2,7H,3-6,8-9H2. The molecule has 1 fully saturated rings. The van der Waals surface area contributed by atoms with Crippen molar-refractivity contribution in [2.24, 2.45) is 5.41 Å². The van der Waals surface area contributed by atoms with E-state index in [1.54, 1.807) is 0 Å². The number of hydrogen-bond donors (Lipinski definition) is 0. The third-order valence-electron chi connectivity index (χ3n) is 3.26. The van der Waals surface area contributed by atoms with E-state index in [-0.39, 0.29) is 5.41 Å². The predicted octanol–water partition coefficient (Wildman–Crippen LogP) is 4.25. The van der Waals surface area contributed by atoms with Crippen molar-refractivity contribution in [3.05, 3.63) is 29.8 Å². The van der Waals surface area contributed by atoms with Gasteiger partial charge in [-0.3, -0.25) is 0 Å². The molecule has 5 heteroatoms. The number of benzene rings is 1. The molecule has 1 saturated heterocycles. The van der Waals surface area contributed by atoms with Crippen LogP contribution in [0.5, 0.6) is 0 Å². The molecule has 0 atom stereocenters. The number of halogens is 3. The Hall–Kier alpha value is -0.130. The van der Waals surface area contributed by atoms with Gasteiger partial charge in [0, 0.05) is 35.3 Å². The lowest BCUT2D eigenvalue weighted by molar-refractivity contribution is 0.0374. The quantitative estimate of drug-likeness (QED) is 0.600. The van der Waals surface area contributed by atoms with E-state index < -0.39 is 11.6 Å². The molecule has 1 aromatic rings. The first kappa shape index (κ1) is 14.3. The summed E-state index contributed by atoms with van der Waals surface area (Å²) in [7, 11) is 0. The molecule has 0 N–H and O–H groups in total. The lowest BCUT2D eigenvalue weighted by Crippen LogP contribution is -2.33. The van der Waals surface area contributed by atoms with Crippen molar-refractivity contribution >= 4 is 27.7 Å². The SMILES string of the molecule is Fc1ccc(SCC2(CBr)CCOCC2)c(F)c1. The van der Waals surface area contributed by atoms with E-state index >= 15 is 0 Å². The minimum Gasteiger partial charge on any atom is -0.381 e. The van der Waals surface area contributed by atoms with Gasteiger partial charge in [-0.2, -0.15) is 0 Å². The van der Waals surface area contributed by atoms with E-state index in [1.807, 2.05) is 0 Å². The molecule has 0 bridgehead atoms. The summed E-state index contributed by atoms with van der Waals surface area (Å²) in [6.07, 6.45) is 1.96. The fourth-order valence-corrected chi connectivity index (χ4v) is 4.18. The van der Waals surface area contributed by atoms with Crippen LogP contribution in [0.15, 0.2) is 23.1 Å². The summed E-state index contributed by atoms with van der Waals surface area (Å²) in [5.74, 6) is -0.181.